The highest BCUT2D eigenvalue weighted by Crippen LogP contribution is 2.35. The summed E-state index contributed by atoms with van der Waals surface area (Å²) in [7, 11) is -10.3. The van der Waals surface area contributed by atoms with Crippen molar-refractivity contribution < 1.29 is 77.4 Å². The molecule has 5 N–H and O–H groups in total. The maximum absolute atomic E-state index is 12.8. The van der Waals surface area contributed by atoms with Crippen LogP contribution in [0.2, 0.25) is 0 Å². The second-order valence-electron chi connectivity index (χ2n) is 13.2. The molecule has 2 aliphatic heterocycles. The Balaban J connectivity index is 1.53. The molecule has 10 atom stereocenters. The average molecular weight is 828 g/mol. The molecule has 3 aromatic rings. The van der Waals surface area contributed by atoms with E-state index in [2.05, 4.69) is 0 Å². The van der Waals surface area contributed by atoms with E-state index in [-0.39, 0.29) is 19.8 Å². The molecule has 308 valence electrons. The first-order valence-electron chi connectivity index (χ1n) is 17.4. The summed E-state index contributed by atoms with van der Waals surface area (Å²) in [6.07, 6.45) is -15.2. The lowest BCUT2D eigenvalue weighted by Crippen LogP contribution is -2.68. The Labute approximate surface area is 324 Å². The number of ether oxygens (including phenoxy) is 7. The topological polar surface area (TPSA) is 255 Å². The minimum Gasteiger partial charge on any atom is -0.479 e. The minimum absolute atomic E-state index is 0.0282. The molecule has 18 nitrogen and oxygen atoms in total. The van der Waals surface area contributed by atoms with Gasteiger partial charge in [-0.1, -0.05) is 91.0 Å². The van der Waals surface area contributed by atoms with E-state index in [0.717, 1.165) is 11.1 Å². The summed E-state index contributed by atoms with van der Waals surface area (Å²) in [6.45, 7) is 2.00. The highest BCUT2D eigenvalue weighted by atomic mass is 32.3. The van der Waals surface area contributed by atoms with Gasteiger partial charge in [0.25, 0.3) is 0 Å². The monoisotopic (exact) mass is 827 g/mol. The van der Waals surface area contributed by atoms with Crippen LogP contribution in [0, 0.1) is 0 Å². The summed E-state index contributed by atoms with van der Waals surface area (Å²) in [5.41, 5.74) is 8.81. The van der Waals surface area contributed by atoms with Gasteiger partial charge in [0.05, 0.1) is 38.6 Å². The highest BCUT2D eigenvalue weighted by molar-refractivity contribution is 7.81. The molecule has 0 spiro atoms. The van der Waals surface area contributed by atoms with Crippen LogP contribution in [0.3, 0.4) is 0 Å². The molecular weight excluding hydrogens is 783 g/mol. The molecule has 0 radical (unpaired) electrons. The number of nitrogens with two attached hydrogens (primary N) is 1. The molecule has 20 heteroatoms. The van der Waals surface area contributed by atoms with Crippen LogP contribution in [0.4, 0.5) is 0 Å². The first-order chi connectivity index (χ1) is 26.6. The van der Waals surface area contributed by atoms with E-state index < -0.39 is 101 Å². The molecule has 0 amide bonds. The molecule has 0 bridgehead atoms. The molecule has 5 rings (SSSR count). The van der Waals surface area contributed by atoms with Crippen molar-refractivity contribution in [1.29, 1.82) is 0 Å². The molecule has 0 unspecified atom stereocenters. The van der Waals surface area contributed by atoms with Gasteiger partial charge in [-0.3, -0.25) is 9.11 Å². The van der Waals surface area contributed by atoms with Gasteiger partial charge in [0.15, 0.2) is 24.8 Å². The summed E-state index contributed by atoms with van der Waals surface area (Å²) < 4.78 is 120. The van der Waals surface area contributed by atoms with Gasteiger partial charge in [-0.05, 0) is 30.5 Å². The number of aliphatic carboxylic acids is 1. The lowest BCUT2D eigenvalue weighted by atomic mass is 9.95. The number of hydrogen-bond donors (Lipinski definition) is 4. The molecule has 56 heavy (non-hydrogen) atoms. The Hall–Kier alpha value is -3.45. The number of carbonyl (C=O) groups is 1. The molecule has 0 saturated carbocycles. The highest BCUT2D eigenvalue weighted by Gasteiger charge is 2.56. The molecule has 2 saturated heterocycles. The molecule has 2 fully saturated rings. The van der Waals surface area contributed by atoms with E-state index in [0.29, 0.717) is 5.56 Å². The second kappa shape index (κ2) is 19.8. The Morgan fingerprint density at radius 1 is 0.679 bits per heavy atom. The molecular formula is C36H45NO17S2. The number of benzene rings is 3. The third kappa shape index (κ3) is 12.8. The first kappa shape index (κ1) is 43.7. The van der Waals surface area contributed by atoms with Crippen LogP contribution < -0.4 is 5.73 Å². The van der Waals surface area contributed by atoms with Crippen LogP contribution in [0.1, 0.15) is 30.5 Å². The summed E-state index contributed by atoms with van der Waals surface area (Å²) >= 11 is 0. The smallest absolute Gasteiger partial charge is 0.397 e. The predicted octanol–water partition coefficient (Wildman–Crippen LogP) is 2.42. The lowest BCUT2D eigenvalue weighted by Gasteiger charge is -2.48. The van der Waals surface area contributed by atoms with E-state index in [9.17, 15) is 35.8 Å². The Bertz CT molecular complexity index is 1890. The van der Waals surface area contributed by atoms with E-state index in [1.807, 2.05) is 0 Å². The normalized spacial score (nSPS) is 28.6. The number of rotatable bonds is 19. The molecule has 3 aromatic carbocycles. The van der Waals surface area contributed by atoms with Crippen molar-refractivity contribution in [3.8, 4) is 0 Å². The van der Waals surface area contributed by atoms with Crippen LogP contribution in [0.25, 0.3) is 0 Å². The zero-order chi connectivity index (χ0) is 40.5. The summed E-state index contributed by atoms with van der Waals surface area (Å²) in [4.78, 5) is 12.8. The standard InChI is InChI=1S/C36H45NO17S2/c1-22(2)50-36-33(54-56(43,44)45)30(48-20-25-16-10-5-11-17-25)31(32(53-36)34(38)39)52-35-27(37)29(47-19-24-14-8-4-9-15-24)28(26(51-35)21-49-55(40,41)42)46-18-23-12-6-3-7-13-23/h3-17,22,26-33,35-36H,18-21,37H2,1-2H3,(H,38,39)(H,40,41,42)(H,43,44,45)/t26-,27-,28-,29-,30+,31+,32-,33-,35-,36-/m1/s1. The largest absolute Gasteiger partial charge is 0.479 e. The van der Waals surface area contributed by atoms with Crippen molar-refractivity contribution in [1.82, 2.24) is 0 Å². The van der Waals surface area contributed by atoms with Gasteiger partial charge in [-0.2, -0.15) is 16.8 Å². The Morgan fingerprint density at radius 2 is 1.16 bits per heavy atom. The van der Waals surface area contributed by atoms with E-state index in [1.165, 1.54) is 0 Å². The summed E-state index contributed by atoms with van der Waals surface area (Å²) in [6, 6.07) is 25.1. The van der Waals surface area contributed by atoms with Crippen LogP contribution >= 0.6 is 0 Å². The fourth-order valence-electron chi connectivity index (χ4n) is 6.17. The van der Waals surface area contributed by atoms with Gasteiger partial charge in [0, 0.05) is 0 Å². The van der Waals surface area contributed by atoms with Gasteiger partial charge in [0.2, 0.25) is 0 Å². The first-order valence-corrected chi connectivity index (χ1v) is 20.2. The number of hydrogen-bond acceptors (Lipinski definition) is 15. The maximum Gasteiger partial charge on any atom is 0.397 e. The van der Waals surface area contributed by atoms with E-state index in [1.54, 1.807) is 105 Å². The van der Waals surface area contributed by atoms with Crippen molar-refractivity contribution in [2.24, 2.45) is 5.73 Å². The average Bonchev–Trinajstić information content (AvgIpc) is 3.14. The third-order valence-corrected chi connectivity index (χ3v) is 9.50. The fourth-order valence-corrected chi connectivity index (χ4v) is 6.95. The van der Waals surface area contributed by atoms with Crippen molar-refractivity contribution >= 4 is 26.8 Å². The Kier molecular flexibility index (Phi) is 15.4. The van der Waals surface area contributed by atoms with Gasteiger partial charge >= 0.3 is 26.8 Å². The Morgan fingerprint density at radius 3 is 1.61 bits per heavy atom. The molecule has 0 aliphatic carbocycles. The fraction of sp³-hybridized carbons (Fsp3) is 0.472. The van der Waals surface area contributed by atoms with Crippen molar-refractivity contribution in [3.63, 3.8) is 0 Å². The SMILES string of the molecule is CC(C)O[C@@H]1O[C@@H](C(=O)O)[C@@H](O[C@H]2O[C@H](COS(=O)(=O)O)[C@@H](OCc3ccccc3)[C@H](OCc3ccccc3)[C@H]2N)[C@H](OCc2ccccc2)[C@H]1OS(=O)(=O)O. The van der Waals surface area contributed by atoms with Crippen molar-refractivity contribution in [2.45, 2.75) is 101 Å². The third-order valence-electron chi connectivity index (χ3n) is 8.60. The van der Waals surface area contributed by atoms with Gasteiger partial charge < -0.3 is 44.0 Å². The summed E-state index contributed by atoms with van der Waals surface area (Å²) in [5.74, 6) is -1.59. The predicted molar refractivity (Wildman–Crippen MR) is 193 cm³/mol. The summed E-state index contributed by atoms with van der Waals surface area (Å²) in [5, 5.41) is 10.4. The zero-order valence-corrected chi connectivity index (χ0v) is 31.9. The van der Waals surface area contributed by atoms with Gasteiger partial charge in [-0.15, -0.1) is 0 Å². The maximum atomic E-state index is 12.8. The van der Waals surface area contributed by atoms with E-state index >= 15 is 0 Å². The quantitative estimate of drug-likeness (QED) is 0.127. The minimum atomic E-state index is -5.26. The van der Waals surface area contributed by atoms with Crippen LogP contribution in [-0.4, -0.2) is 111 Å². The van der Waals surface area contributed by atoms with Crippen LogP contribution in [-0.2, 0) is 86.9 Å². The lowest BCUT2D eigenvalue weighted by molar-refractivity contribution is -0.348. The van der Waals surface area contributed by atoms with E-state index in [4.69, 9.17) is 47.3 Å². The van der Waals surface area contributed by atoms with Crippen molar-refractivity contribution in [3.05, 3.63) is 108 Å². The van der Waals surface area contributed by atoms with Crippen LogP contribution in [0.5, 0.6) is 0 Å². The van der Waals surface area contributed by atoms with Gasteiger partial charge in [0.1, 0.15) is 30.5 Å². The number of carboxylic acids is 1. The second-order valence-corrected chi connectivity index (χ2v) is 15.3. The molecule has 0 aromatic heterocycles. The zero-order valence-electron chi connectivity index (χ0n) is 30.3. The molecule has 2 aliphatic rings. The molecule has 2 heterocycles. The number of carboxylic acid groups (broad SMARTS) is 1. The van der Waals surface area contributed by atoms with Crippen LogP contribution in [0.15, 0.2) is 91.0 Å². The van der Waals surface area contributed by atoms with Gasteiger partial charge in [-0.25, -0.2) is 13.2 Å². The van der Waals surface area contributed by atoms with Crippen molar-refractivity contribution in [2.75, 3.05) is 6.61 Å².